The molecule has 0 amide bonds. The van der Waals surface area contributed by atoms with Crippen LogP contribution in [0.2, 0.25) is 0 Å². The quantitative estimate of drug-likeness (QED) is 0.623. The molecule has 0 saturated carbocycles. The number of Topliss-reactive ketones (excluding diaryl/α,β-unsaturated/α-hetero) is 1. The number of hydrogen-bond acceptors (Lipinski definition) is 3. The van der Waals surface area contributed by atoms with Crippen LogP contribution in [-0.2, 0) is 6.42 Å². The van der Waals surface area contributed by atoms with Gasteiger partial charge in [0.1, 0.15) is 12.6 Å². The normalized spacial score (nSPS) is 19.1. The van der Waals surface area contributed by atoms with E-state index < -0.39 is 0 Å². The zero-order valence-corrected chi connectivity index (χ0v) is 15.9. The van der Waals surface area contributed by atoms with E-state index in [-0.39, 0.29) is 17.6 Å². The van der Waals surface area contributed by atoms with Crippen LogP contribution in [0, 0.1) is 6.92 Å². The first-order chi connectivity index (χ1) is 13.0. The highest BCUT2D eigenvalue weighted by atomic mass is 16.5. The fourth-order valence-corrected chi connectivity index (χ4v) is 4.31. The van der Waals surface area contributed by atoms with Crippen LogP contribution in [-0.4, -0.2) is 36.1 Å². The van der Waals surface area contributed by atoms with Crippen molar-refractivity contribution in [1.82, 2.24) is 4.98 Å². The number of hydrogen-bond donors (Lipinski definition) is 3. The molecule has 2 heterocycles. The van der Waals surface area contributed by atoms with E-state index in [0.29, 0.717) is 12.3 Å². The smallest absolute Gasteiger partial charge is 0.219 e. The number of fused-ring (bicyclic) bond motifs is 2. The number of aromatic hydroxyl groups is 1. The molecular weight excluding hydrogens is 340 g/mol. The summed E-state index contributed by atoms with van der Waals surface area (Å²) in [6.07, 6.45) is 0.840. The van der Waals surface area contributed by atoms with E-state index in [0.717, 1.165) is 46.3 Å². The van der Waals surface area contributed by atoms with Crippen LogP contribution in [0.4, 0.5) is 0 Å². The molecular formula is C22H25N2O3+. The number of carbonyl (C=O) groups is 1. The van der Waals surface area contributed by atoms with E-state index in [1.165, 1.54) is 4.90 Å². The van der Waals surface area contributed by atoms with Crippen molar-refractivity contribution in [2.75, 3.05) is 20.2 Å². The molecule has 5 nitrogen and oxygen atoms in total. The van der Waals surface area contributed by atoms with Crippen molar-refractivity contribution in [3.8, 4) is 11.5 Å². The molecule has 0 spiro atoms. The number of ketones is 1. The molecule has 1 unspecified atom stereocenters. The Balaban J connectivity index is 1.62. The Hall–Kier alpha value is -2.79. The van der Waals surface area contributed by atoms with Crippen LogP contribution in [0.1, 0.15) is 40.1 Å². The predicted molar refractivity (Wildman–Crippen MR) is 105 cm³/mol. The van der Waals surface area contributed by atoms with Gasteiger partial charge in [0, 0.05) is 28.6 Å². The third-order valence-corrected chi connectivity index (χ3v) is 5.80. The number of ether oxygens (including phenoxy) is 1. The fraction of sp³-hybridized carbons (Fsp3) is 0.318. The minimum atomic E-state index is 0.165. The van der Waals surface area contributed by atoms with Gasteiger partial charge in [-0.1, -0.05) is 18.2 Å². The molecule has 3 aromatic rings. The molecule has 140 valence electrons. The number of para-hydroxylation sites is 1. The summed E-state index contributed by atoms with van der Waals surface area (Å²) in [6, 6.07) is 11.8. The zero-order chi connectivity index (χ0) is 19.1. The van der Waals surface area contributed by atoms with E-state index in [1.807, 2.05) is 37.3 Å². The first kappa shape index (κ1) is 17.6. The molecule has 2 atom stereocenters. The topological polar surface area (TPSA) is 66.8 Å². The van der Waals surface area contributed by atoms with Gasteiger partial charge in [0.2, 0.25) is 5.78 Å². The van der Waals surface area contributed by atoms with E-state index in [2.05, 4.69) is 11.9 Å². The minimum absolute atomic E-state index is 0.165. The lowest BCUT2D eigenvalue weighted by Gasteiger charge is -2.32. The molecule has 27 heavy (non-hydrogen) atoms. The molecule has 3 N–H and O–H groups in total. The van der Waals surface area contributed by atoms with Crippen LogP contribution in [0.5, 0.6) is 11.5 Å². The van der Waals surface area contributed by atoms with Gasteiger partial charge in [-0.2, -0.15) is 0 Å². The Bertz CT molecular complexity index is 1020. The van der Waals surface area contributed by atoms with Crippen LogP contribution in [0.15, 0.2) is 36.4 Å². The SMILES string of the molecule is COc1cc2c(cc1O)CC[NH+](CC(=O)c1c(C)[nH]c3ccccc13)[C@@H]2C. The largest absolute Gasteiger partial charge is 0.504 e. The highest BCUT2D eigenvalue weighted by Gasteiger charge is 2.31. The number of H-pyrrole nitrogens is 1. The Labute approximate surface area is 158 Å². The van der Waals surface area contributed by atoms with Crippen LogP contribution >= 0.6 is 0 Å². The average Bonchev–Trinajstić information content (AvgIpc) is 2.99. The molecule has 5 heteroatoms. The zero-order valence-electron chi connectivity index (χ0n) is 15.9. The van der Waals surface area contributed by atoms with Crippen molar-refractivity contribution >= 4 is 16.7 Å². The summed E-state index contributed by atoms with van der Waals surface area (Å²) in [5.41, 5.74) is 5.02. The van der Waals surface area contributed by atoms with Gasteiger partial charge in [0.15, 0.2) is 11.5 Å². The number of methoxy groups -OCH3 is 1. The van der Waals surface area contributed by atoms with Gasteiger partial charge in [-0.05, 0) is 37.6 Å². The van der Waals surface area contributed by atoms with Gasteiger partial charge in [0.25, 0.3) is 0 Å². The van der Waals surface area contributed by atoms with E-state index in [4.69, 9.17) is 4.74 Å². The lowest BCUT2D eigenvalue weighted by molar-refractivity contribution is -0.923. The number of aryl methyl sites for hydroxylation is 1. The molecule has 1 aromatic heterocycles. The lowest BCUT2D eigenvalue weighted by atomic mass is 9.92. The van der Waals surface area contributed by atoms with E-state index in [1.54, 1.807) is 13.2 Å². The maximum atomic E-state index is 13.1. The Morgan fingerprint density at radius 2 is 2.11 bits per heavy atom. The number of carbonyl (C=O) groups excluding carboxylic acids is 1. The second kappa shape index (κ2) is 6.74. The van der Waals surface area contributed by atoms with Crippen molar-refractivity contribution in [2.45, 2.75) is 26.3 Å². The van der Waals surface area contributed by atoms with Crippen LogP contribution in [0.3, 0.4) is 0 Å². The molecule has 1 aliphatic heterocycles. The maximum Gasteiger partial charge on any atom is 0.219 e. The third-order valence-electron chi connectivity index (χ3n) is 5.80. The number of phenols is 1. The Kier molecular flexibility index (Phi) is 4.40. The summed E-state index contributed by atoms with van der Waals surface area (Å²) in [5, 5.41) is 11.0. The van der Waals surface area contributed by atoms with Gasteiger partial charge in [-0.3, -0.25) is 4.79 Å². The molecule has 0 radical (unpaired) electrons. The van der Waals surface area contributed by atoms with Crippen LogP contribution in [0.25, 0.3) is 10.9 Å². The number of rotatable bonds is 4. The summed E-state index contributed by atoms with van der Waals surface area (Å²) in [7, 11) is 1.56. The van der Waals surface area contributed by atoms with Crippen molar-refractivity contribution in [2.24, 2.45) is 0 Å². The summed E-state index contributed by atoms with van der Waals surface area (Å²) >= 11 is 0. The molecule has 2 aromatic carbocycles. The van der Waals surface area contributed by atoms with Gasteiger partial charge in [0.05, 0.1) is 19.2 Å². The monoisotopic (exact) mass is 365 g/mol. The molecule has 4 rings (SSSR count). The van der Waals surface area contributed by atoms with E-state index >= 15 is 0 Å². The fourth-order valence-electron chi connectivity index (χ4n) is 4.31. The molecule has 0 aliphatic carbocycles. The summed E-state index contributed by atoms with van der Waals surface area (Å²) in [5.74, 6) is 0.832. The number of benzene rings is 2. The number of nitrogens with one attached hydrogen (secondary N) is 2. The maximum absolute atomic E-state index is 13.1. The standard InChI is InChI=1S/C22H24N2O3/c1-13-22(16-6-4-5-7-18(16)23-13)20(26)12-24-9-8-15-10-19(25)21(27-3)11-17(15)14(24)2/h4-7,10-11,14,23,25H,8-9,12H2,1-3H3/p+1/t14-/m1/s1. The third kappa shape index (κ3) is 2.98. The second-order valence-electron chi connectivity index (χ2n) is 7.37. The summed E-state index contributed by atoms with van der Waals surface area (Å²) < 4.78 is 5.27. The highest BCUT2D eigenvalue weighted by molar-refractivity contribution is 6.09. The first-order valence-corrected chi connectivity index (χ1v) is 9.34. The second-order valence-corrected chi connectivity index (χ2v) is 7.37. The summed E-state index contributed by atoms with van der Waals surface area (Å²) in [4.78, 5) is 17.7. The lowest BCUT2D eigenvalue weighted by Crippen LogP contribution is -3.13. The first-order valence-electron chi connectivity index (χ1n) is 9.34. The minimum Gasteiger partial charge on any atom is -0.504 e. The molecule has 1 aliphatic rings. The molecule has 0 saturated heterocycles. The Morgan fingerprint density at radius 3 is 2.89 bits per heavy atom. The van der Waals surface area contributed by atoms with Crippen molar-refractivity contribution in [3.63, 3.8) is 0 Å². The van der Waals surface area contributed by atoms with Crippen molar-refractivity contribution < 1.29 is 19.5 Å². The highest BCUT2D eigenvalue weighted by Crippen LogP contribution is 2.33. The number of aromatic nitrogens is 1. The predicted octanol–water partition coefficient (Wildman–Crippen LogP) is 2.58. The number of aromatic amines is 1. The summed E-state index contributed by atoms with van der Waals surface area (Å²) in [6.45, 7) is 5.42. The average molecular weight is 365 g/mol. The van der Waals surface area contributed by atoms with Gasteiger partial charge >= 0.3 is 0 Å². The van der Waals surface area contributed by atoms with Crippen molar-refractivity contribution in [1.29, 1.82) is 0 Å². The van der Waals surface area contributed by atoms with Crippen LogP contribution < -0.4 is 9.64 Å². The Morgan fingerprint density at radius 1 is 1.33 bits per heavy atom. The number of phenolic OH excluding ortho intramolecular Hbond substituents is 1. The molecule has 0 fully saturated rings. The van der Waals surface area contributed by atoms with Gasteiger partial charge in [-0.15, -0.1) is 0 Å². The molecule has 0 bridgehead atoms. The van der Waals surface area contributed by atoms with Gasteiger partial charge < -0.3 is 19.7 Å². The van der Waals surface area contributed by atoms with E-state index in [9.17, 15) is 9.90 Å². The number of quaternary nitrogens is 1. The van der Waals surface area contributed by atoms with Crippen molar-refractivity contribution in [3.05, 3.63) is 58.8 Å². The van der Waals surface area contributed by atoms with Gasteiger partial charge in [-0.25, -0.2) is 0 Å².